The van der Waals surface area contributed by atoms with Crippen molar-refractivity contribution in [3.63, 3.8) is 0 Å². The summed E-state index contributed by atoms with van der Waals surface area (Å²) in [5.41, 5.74) is 1.87. The van der Waals surface area contributed by atoms with Gasteiger partial charge in [-0.3, -0.25) is 4.79 Å². The van der Waals surface area contributed by atoms with Crippen LogP contribution in [0.1, 0.15) is 21.5 Å². The standard InChI is InChI=1S/C18H15F2NO3/c19-14-5-6-15(16(20)9-14)18(23)24-11-17(22)21-8-7-12-3-1-2-4-13(12)10-21/h1-6,9H,7-8,10-11H2. The maximum atomic E-state index is 13.5. The molecule has 0 aliphatic carbocycles. The Kier molecular flexibility index (Phi) is 4.55. The zero-order chi connectivity index (χ0) is 17.1. The van der Waals surface area contributed by atoms with Crippen molar-refractivity contribution in [1.29, 1.82) is 0 Å². The molecular formula is C18H15F2NO3. The molecule has 0 N–H and O–H groups in total. The number of hydrogen-bond donors (Lipinski definition) is 0. The maximum Gasteiger partial charge on any atom is 0.341 e. The van der Waals surface area contributed by atoms with Crippen molar-refractivity contribution in [1.82, 2.24) is 4.90 Å². The van der Waals surface area contributed by atoms with Crippen molar-refractivity contribution in [2.45, 2.75) is 13.0 Å². The van der Waals surface area contributed by atoms with E-state index in [0.29, 0.717) is 19.2 Å². The Bertz CT molecular complexity index is 792. The first-order valence-corrected chi connectivity index (χ1v) is 7.51. The van der Waals surface area contributed by atoms with E-state index >= 15 is 0 Å². The van der Waals surface area contributed by atoms with E-state index in [-0.39, 0.29) is 5.91 Å². The first kappa shape index (κ1) is 16.1. The van der Waals surface area contributed by atoms with E-state index in [1.807, 2.05) is 24.3 Å². The van der Waals surface area contributed by atoms with Gasteiger partial charge in [-0.05, 0) is 29.7 Å². The minimum Gasteiger partial charge on any atom is -0.452 e. The summed E-state index contributed by atoms with van der Waals surface area (Å²) in [6, 6.07) is 10.4. The fraction of sp³-hybridized carbons (Fsp3) is 0.222. The van der Waals surface area contributed by atoms with Gasteiger partial charge < -0.3 is 9.64 Å². The van der Waals surface area contributed by atoms with Crippen molar-refractivity contribution < 1.29 is 23.1 Å². The summed E-state index contributed by atoms with van der Waals surface area (Å²) in [6.45, 7) is 0.521. The molecule has 24 heavy (non-hydrogen) atoms. The molecule has 6 heteroatoms. The van der Waals surface area contributed by atoms with Crippen LogP contribution in [-0.4, -0.2) is 29.9 Å². The van der Waals surface area contributed by atoms with Gasteiger partial charge in [-0.2, -0.15) is 0 Å². The molecule has 2 aromatic carbocycles. The first-order valence-electron chi connectivity index (χ1n) is 7.51. The second-order valence-corrected chi connectivity index (χ2v) is 5.53. The van der Waals surface area contributed by atoms with Crippen LogP contribution < -0.4 is 0 Å². The van der Waals surface area contributed by atoms with Crippen LogP contribution in [0, 0.1) is 11.6 Å². The molecule has 0 saturated carbocycles. The first-order chi connectivity index (χ1) is 11.5. The number of amides is 1. The summed E-state index contributed by atoms with van der Waals surface area (Å²) in [4.78, 5) is 25.6. The highest BCUT2D eigenvalue weighted by molar-refractivity contribution is 5.91. The summed E-state index contributed by atoms with van der Waals surface area (Å²) in [6.07, 6.45) is 0.739. The highest BCUT2D eigenvalue weighted by Crippen LogP contribution is 2.18. The Hall–Kier alpha value is -2.76. The molecule has 1 amide bonds. The third-order valence-electron chi connectivity index (χ3n) is 3.96. The van der Waals surface area contributed by atoms with Gasteiger partial charge in [-0.25, -0.2) is 13.6 Å². The van der Waals surface area contributed by atoms with Crippen LogP contribution >= 0.6 is 0 Å². The lowest BCUT2D eigenvalue weighted by atomic mass is 10.00. The molecule has 1 heterocycles. The molecule has 0 radical (unpaired) electrons. The van der Waals surface area contributed by atoms with Crippen molar-refractivity contribution in [3.8, 4) is 0 Å². The Labute approximate surface area is 137 Å². The molecule has 0 fully saturated rings. The molecular weight excluding hydrogens is 316 g/mol. The van der Waals surface area contributed by atoms with Gasteiger partial charge in [0, 0.05) is 19.2 Å². The molecule has 1 aliphatic heterocycles. The fourth-order valence-electron chi connectivity index (χ4n) is 2.66. The molecule has 3 rings (SSSR count). The van der Waals surface area contributed by atoms with Gasteiger partial charge in [-0.15, -0.1) is 0 Å². The summed E-state index contributed by atoms with van der Waals surface area (Å²) < 4.78 is 31.2. The van der Waals surface area contributed by atoms with Gasteiger partial charge >= 0.3 is 5.97 Å². The Morgan fingerprint density at radius 2 is 1.83 bits per heavy atom. The number of halogens is 2. The molecule has 1 aliphatic rings. The fourth-order valence-corrected chi connectivity index (χ4v) is 2.66. The monoisotopic (exact) mass is 331 g/mol. The number of ether oxygens (including phenoxy) is 1. The molecule has 0 atom stereocenters. The molecule has 0 bridgehead atoms. The second kappa shape index (κ2) is 6.78. The van der Waals surface area contributed by atoms with Crippen molar-refractivity contribution >= 4 is 11.9 Å². The molecule has 0 spiro atoms. The number of nitrogens with zero attached hydrogens (tertiary/aromatic N) is 1. The number of esters is 1. The molecule has 0 saturated heterocycles. The van der Waals surface area contributed by atoms with Gasteiger partial charge in [0.15, 0.2) is 6.61 Å². The third-order valence-corrected chi connectivity index (χ3v) is 3.96. The van der Waals surface area contributed by atoms with Gasteiger partial charge in [0.1, 0.15) is 11.6 Å². The van der Waals surface area contributed by atoms with E-state index in [0.717, 1.165) is 24.1 Å². The predicted molar refractivity (Wildman–Crippen MR) is 82.2 cm³/mol. The lowest BCUT2D eigenvalue weighted by Crippen LogP contribution is -2.38. The lowest BCUT2D eigenvalue weighted by molar-refractivity contribution is -0.135. The van der Waals surface area contributed by atoms with Crippen LogP contribution in [0.3, 0.4) is 0 Å². The largest absolute Gasteiger partial charge is 0.452 e. The van der Waals surface area contributed by atoms with Crippen LogP contribution in [-0.2, 0) is 22.5 Å². The van der Waals surface area contributed by atoms with E-state index < -0.39 is 29.8 Å². The molecule has 124 valence electrons. The Morgan fingerprint density at radius 3 is 2.58 bits per heavy atom. The summed E-state index contributed by atoms with van der Waals surface area (Å²) in [5.74, 6) is -3.13. The zero-order valence-corrected chi connectivity index (χ0v) is 12.8. The molecule has 2 aromatic rings. The second-order valence-electron chi connectivity index (χ2n) is 5.53. The van der Waals surface area contributed by atoms with Crippen molar-refractivity contribution in [2.24, 2.45) is 0 Å². The lowest BCUT2D eigenvalue weighted by Gasteiger charge is -2.28. The normalized spacial score (nSPS) is 13.3. The van der Waals surface area contributed by atoms with Gasteiger partial charge in [0.2, 0.25) is 0 Å². The van der Waals surface area contributed by atoms with Crippen LogP contribution in [0.5, 0.6) is 0 Å². The smallest absolute Gasteiger partial charge is 0.341 e. The quantitative estimate of drug-likeness (QED) is 0.813. The van der Waals surface area contributed by atoms with E-state index in [4.69, 9.17) is 4.74 Å². The van der Waals surface area contributed by atoms with Crippen molar-refractivity contribution in [3.05, 3.63) is 70.8 Å². The number of rotatable bonds is 3. The Morgan fingerprint density at radius 1 is 1.08 bits per heavy atom. The number of carbonyl (C=O) groups is 2. The third kappa shape index (κ3) is 3.42. The minimum absolute atomic E-state index is 0.347. The average molecular weight is 331 g/mol. The predicted octanol–water partition coefficient (Wildman–Crippen LogP) is 2.71. The molecule has 0 aromatic heterocycles. The van der Waals surface area contributed by atoms with Crippen LogP contribution in [0.2, 0.25) is 0 Å². The number of benzene rings is 2. The van der Waals surface area contributed by atoms with Crippen LogP contribution in [0.15, 0.2) is 42.5 Å². The van der Waals surface area contributed by atoms with Gasteiger partial charge in [0.05, 0.1) is 5.56 Å². The highest BCUT2D eigenvalue weighted by Gasteiger charge is 2.22. The van der Waals surface area contributed by atoms with Gasteiger partial charge in [0.25, 0.3) is 5.91 Å². The maximum absolute atomic E-state index is 13.5. The van der Waals surface area contributed by atoms with E-state index in [1.165, 1.54) is 5.56 Å². The topological polar surface area (TPSA) is 46.6 Å². The minimum atomic E-state index is -1.01. The summed E-state index contributed by atoms with van der Waals surface area (Å²) >= 11 is 0. The highest BCUT2D eigenvalue weighted by atomic mass is 19.1. The van der Waals surface area contributed by atoms with E-state index in [9.17, 15) is 18.4 Å². The zero-order valence-electron chi connectivity index (χ0n) is 12.8. The number of hydrogen-bond acceptors (Lipinski definition) is 3. The van der Waals surface area contributed by atoms with Gasteiger partial charge in [-0.1, -0.05) is 24.3 Å². The van der Waals surface area contributed by atoms with Crippen molar-refractivity contribution in [2.75, 3.05) is 13.2 Å². The van der Waals surface area contributed by atoms with E-state index in [1.54, 1.807) is 4.90 Å². The van der Waals surface area contributed by atoms with Crippen LogP contribution in [0.4, 0.5) is 8.78 Å². The average Bonchev–Trinajstić information content (AvgIpc) is 2.59. The number of fused-ring (bicyclic) bond motifs is 1. The molecule has 4 nitrogen and oxygen atoms in total. The number of carbonyl (C=O) groups excluding carboxylic acids is 2. The summed E-state index contributed by atoms with van der Waals surface area (Å²) in [7, 11) is 0. The Balaban J connectivity index is 1.59. The van der Waals surface area contributed by atoms with Crippen LogP contribution in [0.25, 0.3) is 0 Å². The SMILES string of the molecule is O=C(OCC(=O)N1CCc2ccccc2C1)c1ccc(F)cc1F. The molecule has 0 unspecified atom stereocenters. The van der Waals surface area contributed by atoms with E-state index in [2.05, 4.69) is 0 Å². The summed E-state index contributed by atoms with van der Waals surface area (Å²) in [5, 5.41) is 0.